The Morgan fingerprint density at radius 3 is 3.06 bits per heavy atom. The van der Waals surface area contributed by atoms with Gasteiger partial charge in [-0.1, -0.05) is 0 Å². The fourth-order valence-electron chi connectivity index (χ4n) is 3.59. The van der Waals surface area contributed by atoms with Gasteiger partial charge in [0, 0.05) is 44.0 Å². The molecule has 100 valence electrons. The first-order valence-corrected chi connectivity index (χ1v) is 7.30. The predicted molar refractivity (Wildman–Crippen MR) is 73.9 cm³/mol. The van der Waals surface area contributed by atoms with Crippen molar-refractivity contribution in [1.29, 1.82) is 0 Å². The lowest BCUT2D eigenvalue weighted by Gasteiger charge is -2.45. The van der Waals surface area contributed by atoms with Crippen molar-refractivity contribution in [1.82, 2.24) is 14.9 Å². The van der Waals surface area contributed by atoms with E-state index in [4.69, 9.17) is 0 Å². The number of anilines is 1. The van der Waals surface area contributed by atoms with Gasteiger partial charge in [-0.05, 0) is 39.2 Å². The minimum atomic E-state index is 0.501. The number of rotatable bonds is 2. The third kappa shape index (κ3) is 2.14. The van der Waals surface area contributed by atoms with Crippen molar-refractivity contribution in [3.05, 3.63) is 12.4 Å². The summed E-state index contributed by atoms with van der Waals surface area (Å²) in [6.07, 6.45) is 9.41. The minimum Gasteiger partial charge on any atom is -0.342 e. The lowest BCUT2D eigenvalue weighted by Crippen LogP contribution is -2.51. The zero-order valence-electron chi connectivity index (χ0n) is 11.4. The number of piperidine rings is 2. The fourth-order valence-corrected chi connectivity index (χ4v) is 3.59. The van der Waals surface area contributed by atoms with Gasteiger partial charge in [-0.3, -0.25) is 0 Å². The van der Waals surface area contributed by atoms with Crippen molar-refractivity contribution in [2.24, 2.45) is 5.41 Å². The van der Waals surface area contributed by atoms with E-state index in [1.54, 1.807) is 0 Å². The third-order valence-corrected chi connectivity index (χ3v) is 4.54. The summed E-state index contributed by atoms with van der Waals surface area (Å²) >= 11 is 0. The number of aryl methyl sites for hydroxylation is 1. The molecule has 4 nitrogen and oxygen atoms in total. The monoisotopic (exact) mass is 248 g/mol. The average molecular weight is 248 g/mol. The quantitative estimate of drug-likeness (QED) is 0.867. The Bertz CT molecular complexity index is 387. The molecule has 1 aromatic rings. The molecule has 2 aliphatic heterocycles. The normalized spacial score (nSPS) is 28.8. The molecular formula is C14H24N4. The Morgan fingerprint density at radius 1 is 1.39 bits per heavy atom. The molecule has 4 heteroatoms. The third-order valence-electron chi connectivity index (χ3n) is 4.54. The highest BCUT2D eigenvalue weighted by Crippen LogP contribution is 2.37. The first kappa shape index (κ1) is 12.0. The van der Waals surface area contributed by atoms with E-state index >= 15 is 0 Å². The van der Waals surface area contributed by atoms with E-state index in [2.05, 4.69) is 32.9 Å². The summed E-state index contributed by atoms with van der Waals surface area (Å²) < 4.78 is 2.26. The van der Waals surface area contributed by atoms with Crippen LogP contribution in [0.2, 0.25) is 0 Å². The minimum absolute atomic E-state index is 0.501. The van der Waals surface area contributed by atoms with E-state index < -0.39 is 0 Å². The van der Waals surface area contributed by atoms with Crippen LogP contribution in [0.3, 0.4) is 0 Å². The molecule has 1 aromatic heterocycles. The van der Waals surface area contributed by atoms with Gasteiger partial charge < -0.3 is 14.8 Å². The number of nitrogens with one attached hydrogen (secondary N) is 1. The molecule has 0 saturated carbocycles. The smallest absolute Gasteiger partial charge is 0.205 e. The Balaban J connectivity index is 1.77. The van der Waals surface area contributed by atoms with E-state index in [9.17, 15) is 0 Å². The van der Waals surface area contributed by atoms with Crippen LogP contribution in [-0.4, -0.2) is 35.7 Å². The van der Waals surface area contributed by atoms with E-state index in [0.29, 0.717) is 5.41 Å². The van der Waals surface area contributed by atoms with Crippen LogP contribution >= 0.6 is 0 Å². The van der Waals surface area contributed by atoms with Crippen LogP contribution < -0.4 is 10.2 Å². The van der Waals surface area contributed by atoms with E-state index in [1.807, 2.05) is 6.20 Å². The molecule has 3 heterocycles. The zero-order chi connectivity index (χ0) is 12.4. The molecule has 0 bridgehead atoms. The van der Waals surface area contributed by atoms with Gasteiger partial charge in [-0.25, -0.2) is 4.98 Å². The Kier molecular flexibility index (Phi) is 3.29. The molecule has 0 radical (unpaired) electrons. The summed E-state index contributed by atoms with van der Waals surface area (Å²) in [5.41, 5.74) is 0.501. The lowest BCUT2D eigenvalue weighted by atomic mass is 9.74. The second kappa shape index (κ2) is 4.92. The first-order valence-electron chi connectivity index (χ1n) is 7.30. The topological polar surface area (TPSA) is 33.1 Å². The largest absolute Gasteiger partial charge is 0.342 e. The van der Waals surface area contributed by atoms with Crippen molar-refractivity contribution in [2.75, 3.05) is 31.1 Å². The highest BCUT2D eigenvalue weighted by molar-refractivity contribution is 5.33. The van der Waals surface area contributed by atoms with Gasteiger partial charge in [-0.15, -0.1) is 0 Å². The Labute approximate surface area is 109 Å². The number of imidazole rings is 1. The van der Waals surface area contributed by atoms with Gasteiger partial charge in [0.15, 0.2) is 0 Å². The van der Waals surface area contributed by atoms with E-state index in [1.165, 1.54) is 57.8 Å². The SMILES string of the molecule is CCn1ccnc1N1CCCC2(CCCNC2)C1. The maximum atomic E-state index is 4.56. The van der Waals surface area contributed by atoms with Crippen LogP contribution in [0, 0.1) is 5.41 Å². The van der Waals surface area contributed by atoms with Crippen LogP contribution in [-0.2, 0) is 6.54 Å². The van der Waals surface area contributed by atoms with Gasteiger partial charge in [-0.2, -0.15) is 0 Å². The van der Waals surface area contributed by atoms with Crippen LogP contribution in [0.25, 0.3) is 0 Å². The molecule has 0 amide bonds. The summed E-state index contributed by atoms with van der Waals surface area (Å²) in [5.74, 6) is 1.17. The predicted octanol–water partition coefficient (Wildman–Crippen LogP) is 1.87. The van der Waals surface area contributed by atoms with Gasteiger partial charge >= 0.3 is 0 Å². The van der Waals surface area contributed by atoms with Crippen molar-refractivity contribution in [2.45, 2.75) is 39.2 Å². The standard InChI is InChI=1S/C14H24N4/c1-2-17-10-8-16-13(17)18-9-4-6-14(12-18)5-3-7-15-11-14/h8,10,15H,2-7,9,11-12H2,1H3. The number of aromatic nitrogens is 2. The summed E-state index contributed by atoms with van der Waals surface area (Å²) in [7, 11) is 0. The van der Waals surface area contributed by atoms with Crippen LogP contribution in [0.15, 0.2) is 12.4 Å². The maximum absolute atomic E-state index is 4.56. The van der Waals surface area contributed by atoms with Crippen LogP contribution in [0.5, 0.6) is 0 Å². The maximum Gasteiger partial charge on any atom is 0.205 e. The van der Waals surface area contributed by atoms with Gasteiger partial charge in [0.25, 0.3) is 0 Å². The Hall–Kier alpha value is -1.03. The molecule has 1 spiro atoms. The number of hydrogen-bond acceptors (Lipinski definition) is 3. The summed E-state index contributed by atoms with van der Waals surface area (Å²) in [5, 5.41) is 3.59. The molecule has 2 saturated heterocycles. The van der Waals surface area contributed by atoms with E-state index in [-0.39, 0.29) is 0 Å². The summed E-state index contributed by atoms with van der Waals surface area (Å²) in [6, 6.07) is 0. The molecule has 0 aliphatic carbocycles. The van der Waals surface area contributed by atoms with E-state index in [0.717, 1.165) is 6.54 Å². The Morgan fingerprint density at radius 2 is 2.28 bits per heavy atom. The lowest BCUT2D eigenvalue weighted by molar-refractivity contribution is 0.172. The van der Waals surface area contributed by atoms with Crippen molar-refractivity contribution < 1.29 is 0 Å². The second-order valence-corrected chi connectivity index (χ2v) is 5.82. The summed E-state index contributed by atoms with van der Waals surface area (Å²) in [6.45, 7) is 7.93. The molecular weight excluding hydrogens is 224 g/mol. The van der Waals surface area contributed by atoms with Crippen molar-refractivity contribution in [3.8, 4) is 0 Å². The molecule has 1 N–H and O–H groups in total. The zero-order valence-corrected chi connectivity index (χ0v) is 11.4. The first-order chi connectivity index (χ1) is 8.83. The van der Waals surface area contributed by atoms with Gasteiger partial charge in [0.1, 0.15) is 0 Å². The fraction of sp³-hybridized carbons (Fsp3) is 0.786. The molecule has 2 fully saturated rings. The molecule has 0 aromatic carbocycles. The van der Waals surface area contributed by atoms with Crippen LogP contribution in [0.4, 0.5) is 5.95 Å². The number of hydrogen-bond donors (Lipinski definition) is 1. The van der Waals surface area contributed by atoms with Gasteiger partial charge in [0.2, 0.25) is 5.95 Å². The molecule has 18 heavy (non-hydrogen) atoms. The molecule has 3 rings (SSSR count). The molecule has 1 atom stereocenters. The van der Waals surface area contributed by atoms with Crippen LogP contribution in [0.1, 0.15) is 32.6 Å². The van der Waals surface area contributed by atoms with Gasteiger partial charge in [0.05, 0.1) is 0 Å². The average Bonchev–Trinajstić information content (AvgIpc) is 2.88. The highest BCUT2D eigenvalue weighted by atomic mass is 15.3. The van der Waals surface area contributed by atoms with Crippen molar-refractivity contribution in [3.63, 3.8) is 0 Å². The molecule has 2 aliphatic rings. The van der Waals surface area contributed by atoms with Crippen molar-refractivity contribution >= 4 is 5.95 Å². The number of nitrogens with zero attached hydrogens (tertiary/aromatic N) is 3. The summed E-state index contributed by atoms with van der Waals surface area (Å²) in [4.78, 5) is 7.06. The molecule has 1 unspecified atom stereocenters. The highest BCUT2D eigenvalue weighted by Gasteiger charge is 2.37. The second-order valence-electron chi connectivity index (χ2n) is 5.82.